The highest BCUT2D eigenvalue weighted by Gasteiger charge is 2.12. The normalized spacial score (nSPS) is 10.6. The molecule has 3 aromatic rings. The van der Waals surface area contributed by atoms with Gasteiger partial charge in [-0.25, -0.2) is 4.98 Å². The van der Waals surface area contributed by atoms with E-state index in [0.29, 0.717) is 17.9 Å². The van der Waals surface area contributed by atoms with Gasteiger partial charge in [0.25, 0.3) is 5.69 Å². The molecule has 1 amide bonds. The van der Waals surface area contributed by atoms with Gasteiger partial charge in [-0.2, -0.15) is 0 Å². The quantitative estimate of drug-likeness (QED) is 0.515. The average molecular weight is 356 g/mol. The van der Waals surface area contributed by atoms with E-state index in [2.05, 4.69) is 15.6 Å². The van der Waals surface area contributed by atoms with Crippen molar-refractivity contribution >= 4 is 44.5 Å². The molecule has 0 bridgehead atoms. The van der Waals surface area contributed by atoms with Crippen LogP contribution in [0.3, 0.4) is 0 Å². The van der Waals surface area contributed by atoms with E-state index >= 15 is 0 Å². The zero-order valence-electron chi connectivity index (χ0n) is 13.5. The summed E-state index contributed by atoms with van der Waals surface area (Å²) < 4.78 is 1.02. The summed E-state index contributed by atoms with van der Waals surface area (Å²) in [5, 5.41) is 17.7. The molecule has 25 heavy (non-hydrogen) atoms. The van der Waals surface area contributed by atoms with Crippen LogP contribution in [0.1, 0.15) is 11.4 Å². The Hall–Kier alpha value is -3.00. The van der Waals surface area contributed by atoms with Crippen LogP contribution in [0.2, 0.25) is 0 Å². The van der Waals surface area contributed by atoms with Crippen LogP contribution in [-0.2, 0) is 4.79 Å². The number of carbonyl (C=O) groups excluding carboxylic acids is 1. The molecule has 0 radical (unpaired) electrons. The van der Waals surface area contributed by atoms with Gasteiger partial charge >= 0.3 is 0 Å². The average Bonchev–Trinajstić information content (AvgIpc) is 2.94. The van der Waals surface area contributed by atoms with E-state index < -0.39 is 4.92 Å². The minimum absolute atomic E-state index is 0.00563. The van der Waals surface area contributed by atoms with Crippen LogP contribution in [-0.4, -0.2) is 22.4 Å². The van der Waals surface area contributed by atoms with Gasteiger partial charge in [0, 0.05) is 24.7 Å². The molecule has 2 aromatic carbocycles. The number of amides is 1. The van der Waals surface area contributed by atoms with Crippen LogP contribution in [0.4, 0.5) is 17.1 Å². The molecule has 0 saturated heterocycles. The predicted octanol–water partition coefficient (Wildman–Crippen LogP) is 3.95. The lowest BCUT2D eigenvalue weighted by atomic mass is 10.2. The summed E-state index contributed by atoms with van der Waals surface area (Å²) in [6, 6.07) is 11.9. The molecule has 0 spiro atoms. The summed E-state index contributed by atoms with van der Waals surface area (Å²) in [5.74, 6) is -0.160. The van der Waals surface area contributed by atoms with E-state index in [4.69, 9.17) is 0 Å². The summed E-state index contributed by atoms with van der Waals surface area (Å²) >= 11 is 1.57. The summed E-state index contributed by atoms with van der Waals surface area (Å²) in [6.07, 6.45) is 0.200. The number of nitrogens with one attached hydrogen (secondary N) is 2. The minimum Gasteiger partial charge on any atom is -0.379 e. The third-order valence-electron chi connectivity index (χ3n) is 3.55. The van der Waals surface area contributed by atoms with Crippen LogP contribution in [0, 0.1) is 17.0 Å². The van der Waals surface area contributed by atoms with Crippen LogP contribution in [0.15, 0.2) is 42.5 Å². The Balaban J connectivity index is 1.56. The molecule has 0 unspecified atom stereocenters. The molecule has 128 valence electrons. The number of aryl methyl sites for hydroxylation is 1. The number of nitro benzene ring substituents is 1. The fourth-order valence-electron chi connectivity index (χ4n) is 2.43. The third-order valence-corrected chi connectivity index (χ3v) is 4.48. The van der Waals surface area contributed by atoms with Crippen molar-refractivity contribution in [3.05, 3.63) is 57.6 Å². The summed E-state index contributed by atoms with van der Waals surface area (Å²) in [4.78, 5) is 26.9. The zero-order valence-corrected chi connectivity index (χ0v) is 14.3. The van der Waals surface area contributed by atoms with Gasteiger partial charge in [0.1, 0.15) is 5.69 Å². The Morgan fingerprint density at radius 1 is 1.28 bits per heavy atom. The number of nitrogens with zero attached hydrogens (tertiary/aromatic N) is 2. The topological polar surface area (TPSA) is 97.2 Å². The fourth-order valence-corrected chi connectivity index (χ4v) is 3.30. The van der Waals surface area contributed by atoms with E-state index in [1.807, 2.05) is 25.1 Å². The number of nitro groups is 1. The maximum atomic E-state index is 12.1. The van der Waals surface area contributed by atoms with Crippen LogP contribution >= 0.6 is 11.3 Å². The summed E-state index contributed by atoms with van der Waals surface area (Å²) in [5.41, 5.74) is 2.03. The Morgan fingerprint density at radius 3 is 2.88 bits per heavy atom. The lowest BCUT2D eigenvalue weighted by Gasteiger charge is -2.08. The number of benzene rings is 2. The molecule has 0 saturated carbocycles. The highest BCUT2D eigenvalue weighted by molar-refractivity contribution is 7.18. The molecule has 8 heteroatoms. The lowest BCUT2D eigenvalue weighted by Crippen LogP contribution is -2.16. The van der Waals surface area contributed by atoms with E-state index in [9.17, 15) is 14.9 Å². The number of carbonyl (C=O) groups is 1. The predicted molar refractivity (Wildman–Crippen MR) is 99.2 cm³/mol. The molecule has 1 aromatic heterocycles. The van der Waals surface area contributed by atoms with Crippen molar-refractivity contribution in [1.82, 2.24) is 4.98 Å². The van der Waals surface area contributed by atoms with Gasteiger partial charge in [0.15, 0.2) is 0 Å². The number of anilines is 2. The first-order valence-electron chi connectivity index (χ1n) is 7.67. The van der Waals surface area contributed by atoms with Crippen LogP contribution in [0.5, 0.6) is 0 Å². The second-order valence-corrected chi connectivity index (χ2v) is 6.65. The van der Waals surface area contributed by atoms with Crippen molar-refractivity contribution in [2.24, 2.45) is 0 Å². The number of fused-ring (bicyclic) bond motifs is 1. The highest BCUT2D eigenvalue weighted by Crippen LogP contribution is 2.25. The van der Waals surface area contributed by atoms with E-state index in [1.165, 1.54) is 6.07 Å². The number of hydrogen-bond donors (Lipinski definition) is 2. The number of hydrogen-bond acceptors (Lipinski definition) is 6. The Kier molecular flexibility index (Phi) is 4.90. The molecule has 3 rings (SSSR count). The molecule has 7 nitrogen and oxygen atoms in total. The Bertz CT molecular complexity index is 939. The fraction of sp³-hybridized carbons (Fsp3) is 0.176. The monoisotopic (exact) mass is 356 g/mol. The highest BCUT2D eigenvalue weighted by atomic mass is 32.1. The van der Waals surface area contributed by atoms with Gasteiger partial charge < -0.3 is 10.6 Å². The maximum Gasteiger partial charge on any atom is 0.292 e. The van der Waals surface area contributed by atoms with E-state index in [1.54, 1.807) is 29.5 Å². The van der Waals surface area contributed by atoms with Crippen molar-refractivity contribution in [3.8, 4) is 0 Å². The van der Waals surface area contributed by atoms with E-state index in [0.717, 1.165) is 15.2 Å². The molecule has 0 atom stereocenters. The minimum atomic E-state index is -0.450. The Morgan fingerprint density at radius 2 is 2.08 bits per heavy atom. The van der Waals surface area contributed by atoms with Gasteiger partial charge in [-0.3, -0.25) is 14.9 Å². The smallest absolute Gasteiger partial charge is 0.292 e. The zero-order chi connectivity index (χ0) is 17.8. The molecular weight excluding hydrogens is 340 g/mol. The van der Waals surface area contributed by atoms with Crippen molar-refractivity contribution in [2.75, 3.05) is 17.2 Å². The number of thiazole rings is 1. The second-order valence-electron chi connectivity index (χ2n) is 5.41. The lowest BCUT2D eigenvalue weighted by molar-refractivity contribution is -0.384. The maximum absolute atomic E-state index is 12.1. The summed E-state index contributed by atoms with van der Waals surface area (Å²) in [6.45, 7) is 2.25. The van der Waals surface area contributed by atoms with Crippen LogP contribution in [0.25, 0.3) is 10.2 Å². The molecule has 0 aliphatic carbocycles. The van der Waals surface area contributed by atoms with Crippen LogP contribution < -0.4 is 10.6 Å². The Labute approximate surface area is 147 Å². The van der Waals surface area contributed by atoms with Gasteiger partial charge in [-0.15, -0.1) is 11.3 Å². The van der Waals surface area contributed by atoms with Gasteiger partial charge in [-0.1, -0.05) is 12.1 Å². The number of rotatable bonds is 6. The van der Waals surface area contributed by atoms with E-state index in [-0.39, 0.29) is 18.0 Å². The first-order valence-corrected chi connectivity index (χ1v) is 8.49. The first-order chi connectivity index (χ1) is 12.0. The first kappa shape index (κ1) is 16.8. The SMILES string of the molecule is Cc1nc2ccc(NC(=O)CCNc3ccccc3[N+](=O)[O-])cc2s1. The molecule has 0 fully saturated rings. The second kappa shape index (κ2) is 7.27. The summed E-state index contributed by atoms with van der Waals surface area (Å²) in [7, 11) is 0. The number of aromatic nitrogens is 1. The van der Waals surface area contributed by atoms with Gasteiger partial charge in [0.05, 0.1) is 20.1 Å². The molecular formula is C17H16N4O3S. The molecule has 0 aliphatic heterocycles. The third kappa shape index (κ3) is 4.10. The molecule has 1 heterocycles. The molecule has 0 aliphatic rings. The van der Waals surface area contributed by atoms with Crippen molar-refractivity contribution in [3.63, 3.8) is 0 Å². The molecule has 2 N–H and O–H groups in total. The van der Waals surface area contributed by atoms with Crippen molar-refractivity contribution in [1.29, 1.82) is 0 Å². The largest absolute Gasteiger partial charge is 0.379 e. The standard InChI is InChI=1S/C17H16N4O3S/c1-11-19-14-7-6-12(10-16(14)25-11)20-17(22)8-9-18-13-4-2-3-5-15(13)21(23)24/h2-7,10,18H,8-9H2,1H3,(H,20,22). The van der Waals surface area contributed by atoms with Crippen molar-refractivity contribution in [2.45, 2.75) is 13.3 Å². The van der Waals surface area contributed by atoms with Crippen molar-refractivity contribution < 1.29 is 9.72 Å². The van der Waals surface area contributed by atoms with Gasteiger partial charge in [0.2, 0.25) is 5.91 Å². The van der Waals surface area contributed by atoms with Gasteiger partial charge in [-0.05, 0) is 31.2 Å². The number of para-hydroxylation sites is 2.